The first-order valence-electron chi connectivity index (χ1n) is 6.23. The van der Waals surface area contributed by atoms with Crippen LogP contribution < -0.4 is 0 Å². The van der Waals surface area contributed by atoms with E-state index in [1.807, 2.05) is 0 Å². The third-order valence-corrected chi connectivity index (χ3v) is 4.18. The summed E-state index contributed by atoms with van der Waals surface area (Å²) < 4.78 is 0. The quantitative estimate of drug-likeness (QED) is 0.547. The fourth-order valence-corrected chi connectivity index (χ4v) is 2.68. The van der Waals surface area contributed by atoms with Gasteiger partial charge in [0.25, 0.3) is 0 Å². The van der Waals surface area contributed by atoms with Gasteiger partial charge in [0, 0.05) is 10.3 Å². The second-order valence-corrected chi connectivity index (χ2v) is 6.08. The standard InChI is InChI=1S/C17H20S/c1-11(2)17(4,5)16-12(3)6-7-13-10-14(18)8-9-15(13)16/h6-10,18H,1H2,2-5H3. The first kappa shape index (κ1) is 13.2. The summed E-state index contributed by atoms with van der Waals surface area (Å²) in [5.41, 5.74) is 3.87. The van der Waals surface area contributed by atoms with Gasteiger partial charge in [0.05, 0.1) is 0 Å². The average molecular weight is 256 g/mol. The molecule has 0 nitrogen and oxygen atoms in total. The van der Waals surface area contributed by atoms with Crippen molar-refractivity contribution >= 4 is 23.4 Å². The van der Waals surface area contributed by atoms with Gasteiger partial charge in [0.15, 0.2) is 0 Å². The highest BCUT2D eigenvalue weighted by Gasteiger charge is 2.25. The second kappa shape index (κ2) is 4.47. The molecule has 2 aromatic carbocycles. The van der Waals surface area contributed by atoms with Crippen LogP contribution in [0.15, 0.2) is 47.4 Å². The van der Waals surface area contributed by atoms with Crippen LogP contribution >= 0.6 is 12.6 Å². The fourth-order valence-electron chi connectivity index (χ4n) is 2.47. The Balaban J connectivity index is 2.85. The lowest BCUT2D eigenvalue weighted by Crippen LogP contribution is -2.20. The van der Waals surface area contributed by atoms with Crippen molar-refractivity contribution in [2.45, 2.75) is 38.0 Å². The molecule has 0 saturated heterocycles. The topological polar surface area (TPSA) is 0 Å². The van der Waals surface area contributed by atoms with Crippen molar-refractivity contribution in [2.75, 3.05) is 0 Å². The van der Waals surface area contributed by atoms with Crippen molar-refractivity contribution in [1.29, 1.82) is 0 Å². The van der Waals surface area contributed by atoms with Gasteiger partial charge in [-0.2, -0.15) is 0 Å². The monoisotopic (exact) mass is 256 g/mol. The third-order valence-electron chi connectivity index (χ3n) is 3.90. The summed E-state index contributed by atoms with van der Waals surface area (Å²) in [6.07, 6.45) is 0. The molecule has 0 bridgehead atoms. The molecule has 0 aliphatic rings. The number of rotatable bonds is 2. The van der Waals surface area contributed by atoms with Crippen molar-refractivity contribution in [3.8, 4) is 0 Å². The molecule has 2 aromatic rings. The molecule has 0 radical (unpaired) electrons. The zero-order chi connectivity index (χ0) is 13.5. The predicted molar refractivity (Wildman–Crippen MR) is 83.8 cm³/mol. The van der Waals surface area contributed by atoms with Gasteiger partial charge < -0.3 is 0 Å². The van der Waals surface area contributed by atoms with E-state index in [4.69, 9.17) is 0 Å². The number of hydrogen-bond donors (Lipinski definition) is 1. The minimum Gasteiger partial charge on any atom is -0.143 e. The molecule has 0 spiro atoms. The highest BCUT2D eigenvalue weighted by atomic mass is 32.1. The molecular formula is C17H20S. The molecule has 2 rings (SSSR count). The smallest absolute Gasteiger partial charge is 0.0108 e. The van der Waals surface area contributed by atoms with Gasteiger partial charge in [0.1, 0.15) is 0 Å². The Morgan fingerprint density at radius 3 is 2.44 bits per heavy atom. The summed E-state index contributed by atoms with van der Waals surface area (Å²) in [5, 5.41) is 2.55. The van der Waals surface area contributed by atoms with E-state index in [0.29, 0.717) is 0 Å². The van der Waals surface area contributed by atoms with Gasteiger partial charge in [-0.15, -0.1) is 12.6 Å². The van der Waals surface area contributed by atoms with Crippen LogP contribution in [0.4, 0.5) is 0 Å². The number of aryl methyl sites for hydroxylation is 1. The molecule has 18 heavy (non-hydrogen) atoms. The van der Waals surface area contributed by atoms with E-state index in [0.717, 1.165) is 4.90 Å². The van der Waals surface area contributed by atoms with E-state index in [1.165, 1.54) is 27.5 Å². The van der Waals surface area contributed by atoms with Crippen molar-refractivity contribution in [3.05, 3.63) is 53.6 Å². The Kier molecular flexibility index (Phi) is 3.29. The summed E-state index contributed by atoms with van der Waals surface area (Å²) in [7, 11) is 0. The highest BCUT2D eigenvalue weighted by molar-refractivity contribution is 7.80. The first-order chi connectivity index (χ1) is 8.34. The Morgan fingerprint density at radius 2 is 1.83 bits per heavy atom. The molecule has 0 heterocycles. The molecule has 0 atom stereocenters. The minimum atomic E-state index is -0.0122. The molecule has 94 valence electrons. The van der Waals surface area contributed by atoms with Crippen LogP contribution in [-0.2, 0) is 5.41 Å². The molecule has 0 saturated carbocycles. The van der Waals surface area contributed by atoms with E-state index >= 15 is 0 Å². The zero-order valence-corrected chi connectivity index (χ0v) is 12.4. The number of thiol groups is 1. The lowest BCUT2D eigenvalue weighted by molar-refractivity contribution is 0.627. The normalized spacial score (nSPS) is 11.8. The van der Waals surface area contributed by atoms with Gasteiger partial charge in [-0.25, -0.2) is 0 Å². The number of fused-ring (bicyclic) bond motifs is 1. The Labute approximate surface area is 115 Å². The summed E-state index contributed by atoms with van der Waals surface area (Å²) in [4.78, 5) is 1.01. The van der Waals surface area contributed by atoms with Gasteiger partial charge in [-0.1, -0.05) is 44.2 Å². The maximum absolute atomic E-state index is 4.42. The van der Waals surface area contributed by atoms with Crippen LogP contribution in [0.3, 0.4) is 0 Å². The second-order valence-electron chi connectivity index (χ2n) is 5.57. The first-order valence-corrected chi connectivity index (χ1v) is 6.67. The average Bonchev–Trinajstić information content (AvgIpc) is 2.28. The molecule has 0 N–H and O–H groups in total. The van der Waals surface area contributed by atoms with Crippen molar-refractivity contribution in [2.24, 2.45) is 0 Å². The minimum absolute atomic E-state index is 0.0122. The Hall–Kier alpha value is -1.21. The molecular weight excluding hydrogens is 236 g/mol. The molecule has 0 amide bonds. The SMILES string of the molecule is C=C(C)C(C)(C)c1c(C)ccc2cc(S)ccc12. The molecule has 0 aliphatic carbocycles. The van der Waals surface area contributed by atoms with Gasteiger partial charge in [0.2, 0.25) is 0 Å². The number of hydrogen-bond acceptors (Lipinski definition) is 1. The molecule has 0 aliphatic heterocycles. The van der Waals surface area contributed by atoms with Crippen molar-refractivity contribution in [1.82, 2.24) is 0 Å². The van der Waals surface area contributed by atoms with E-state index in [-0.39, 0.29) is 5.41 Å². The summed E-state index contributed by atoms with van der Waals surface area (Å²) in [6, 6.07) is 10.7. The maximum atomic E-state index is 4.42. The van der Waals surface area contributed by atoms with Gasteiger partial charge in [-0.3, -0.25) is 0 Å². The third kappa shape index (κ3) is 2.08. The van der Waals surface area contributed by atoms with Crippen LogP contribution in [0.1, 0.15) is 31.9 Å². The zero-order valence-electron chi connectivity index (χ0n) is 11.5. The van der Waals surface area contributed by atoms with Gasteiger partial charge >= 0.3 is 0 Å². The summed E-state index contributed by atoms with van der Waals surface area (Å²) >= 11 is 4.42. The van der Waals surface area contributed by atoms with E-state index in [1.54, 1.807) is 0 Å². The number of allylic oxidation sites excluding steroid dienone is 1. The van der Waals surface area contributed by atoms with E-state index in [2.05, 4.69) is 77.2 Å². The highest BCUT2D eigenvalue weighted by Crippen LogP contribution is 2.37. The molecule has 1 heteroatoms. The number of benzene rings is 2. The van der Waals surface area contributed by atoms with Crippen LogP contribution in [0.2, 0.25) is 0 Å². The molecule has 0 aromatic heterocycles. The van der Waals surface area contributed by atoms with E-state index < -0.39 is 0 Å². The van der Waals surface area contributed by atoms with Crippen LogP contribution in [0.5, 0.6) is 0 Å². The van der Waals surface area contributed by atoms with Crippen LogP contribution in [0, 0.1) is 6.92 Å². The summed E-state index contributed by atoms with van der Waals surface area (Å²) in [6.45, 7) is 12.9. The molecule has 0 fully saturated rings. The lowest BCUT2D eigenvalue weighted by Gasteiger charge is -2.29. The van der Waals surface area contributed by atoms with Crippen LogP contribution in [0.25, 0.3) is 10.8 Å². The van der Waals surface area contributed by atoms with Crippen molar-refractivity contribution in [3.63, 3.8) is 0 Å². The Morgan fingerprint density at radius 1 is 1.17 bits per heavy atom. The predicted octanol–water partition coefficient (Wildman–Crippen LogP) is 5.29. The molecule has 0 unspecified atom stereocenters. The van der Waals surface area contributed by atoms with Gasteiger partial charge in [-0.05, 0) is 47.9 Å². The Bertz CT molecular complexity index is 621. The maximum Gasteiger partial charge on any atom is 0.0108 e. The fraction of sp³-hybridized carbons (Fsp3) is 0.294. The summed E-state index contributed by atoms with van der Waals surface area (Å²) in [5.74, 6) is 0. The lowest BCUT2D eigenvalue weighted by atomic mass is 9.75. The van der Waals surface area contributed by atoms with E-state index in [9.17, 15) is 0 Å². The van der Waals surface area contributed by atoms with Crippen molar-refractivity contribution < 1.29 is 0 Å². The van der Waals surface area contributed by atoms with Crippen LogP contribution in [-0.4, -0.2) is 0 Å². The largest absolute Gasteiger partial charge is 0.143 e.